The molecule has 3 atom stereocenters. The van der Waals surface area contributed by atoms with Crippen LogP contribution in [0.5, 0.6) is 0 Å². The van der Waals surface area contributed by atoms with Gasteiger partial charge in [0.25, 0.3) is 5.91 Å². The highest BCUT2D eigenvalue weighted by atomic mass is 19.1. The summed E-state index contributed by atoms with van der Waals surface area (Å²) in [6.45, 7) is 5.21. The van der Waals surface area contributed by atoms with E-state index in [1.165, 1.54) is 6.07 Å². The molecule has 1 amide bonds. The number of aromatic nitrogens is 2. The molecule has 2 aromatic rings. The van der Waals surface area contributed by atoms with Crippen LogP contribution in [0.2, 0.25) is 0 Å². The lowest BCUT2D eigenvalue weighted by atomic mass is 9.81. The number of carbonyl (C=O) groups excluding carboxylic acids is 1. The van der Waals surface area contributed by atoms with E-state index in [1.807, 2.05) is 4.90 Å². The molecule has 2 fully saturated rings. The van der Waals surface area contributed by atoms with Crippen molar-refractivity contribution in [1.82, 2.24) is 14.9 Å². The van der Waals surface area contributed by atoms with Crippen molar-refractivity contribution in [2.75, 3.05) is 24.5 Å². The lowest BCUT2D eigenvalue weighted by Gasteiger charge is -2.53. The SMILES string of the molecule is Cc1nc(N2CC[C@@H]3CN(C(=O)c4cccc(F)c4C4CC=NO4)[C@@H]3C2)nc(C)c1F. The van der Waals surface area contributed by atoms with Crippen LogP contribution in [-0.2, 0) is 4.84 Å². The molecule has 0 bridgehead atoms. The number of hydrogen-bond acceptors (Lipinski definition) is 6. The zero-order valence-electron chi connectivity index (χ0n) is 17.4. The highest BCUT2D eigenvalue weighted by Crippen LogP contribution is 2.37. The van der Waals surface area contributed by atoms with Crippen LogP contribution in [0.3, 0.4) is 0 Å². The summed E-state index contributed by atoms with van der Waals surface area (Å²) in [4.78, 5) is 31.0. The number of anilines is 1. The molecule has 0 saturated carbocycles. The van der Waals surface area contributed by atoms with Crippen molar-refractivity contribution >= 4 is 18.1 Å². The van der Waals surface area contributed by atoms with Gasteiger partial charge < -0.3 is 14.6 Å². The van der Waals surface area contributed by atoms with Gasteiger partial charge in [-0.15, -0.1) is 0 Å². The zero-order valence-corrected chi connectivity index (χ0v) is 17.4. The van der Waals surface area contributed by atoms with Gasteiger partial charge in [0.2, 0.25) is 5.95 Å². The minimum absolute atomic E-state index is 0.0209. The molecule has 3 aliphatic heterocycles. The molecule has 1 aromatic carbocycles. The zero-order chi connectivity index (χ0) is 21.7. The lowest BCUT2D eigenvalue weighted by Crippen LogP contribution is -2.66. The van der Waals surface area contributed by atoms with Crippen LogP contribution in [0.1, 0.15) is 46.3 Å². The normalized spacial score (nSPS) is 24.6. The van der Waals surface area contributed by atoms with Gasteiger partial charge in [0.15, 0.2) is 11.9 Å². The van der Waals surface area contributed by atoms with Gasteiger partial charge >= 0.3 is 0 Å². The summed E-state index contributed by atoms with van der Waals surface area (Å²) in [5.74, 6) is -0.200. The number of aryl methyl sites for hydroxylation is 2. The third kappa shape index (κ3) is 3.32. The summed E-state index contributed by atoms with van der Waals surface area (Å²) in [7, 11) is 0. The van der Waals surface area contributed by atoms with Crippen molar-refractivity contribution < 1.29 is 18.4 Å². The van der Waals surface area contributed by atoms with Gasteiger partial charge in [0.05, 0.1) is 17.4 Å². The monoisotopic (exact) mass is 427 g/mol. The Morgan fingerprint density at radius 1 is 1.16 bits per heavy atom. The van der Waals surface area contributed by atoms with Crippen LogP contribution < -0.4 is 4.90 Å². The average molecular weight is 427 g/mol. The van der Waals surface area contributed by atoms with Gasteiger partial charge in [-0.1, -0.05) is 11.2 Å². The Kier molecular flexibility index (Phi) is 4.83. The first-order chi connectivity index (χ1) is 14.9. The number of hydrogen-bond donors (Lipinski definition) is 0. The number of halogens is 2. The van der Waals surface area contributed by atoms with Gasteiger partial charge in [-0.25, -0.2) is 18.7 Å². The second-order valence-corrected chi connectivity index (χ2v) is 8.35. The van der Waals surface area contributed by atoms with E-state index in [9.17, 15) is 13.6 Å². The molecule has 0 spiro atoms. The van der Waals surface area contributed by atoms with Gasteiger partial charge in [0.1, 0.15) is 5.82 Å². The summed E-state index contributed by atoms with van der Waals surface area (Å²) in [5.41, 5.74) is 1.20. The highest BCUT2D eigenvalue weighted by Gasteiger charge is 2.46. The number of rotatable bonds is 3. The maximum atomic E-state index is 14.6. The number of fused-ring (bicyclic) bond motifs is 1. The molecule has 5 rings (SSSR count). The summed E-state index contributed by atoms with van der Waals surface area (Å²) in [6, 6.07) is 4.51. The third-order valence-corrected chi connectivity index (χ3v) is 6.45. The van der Waals surface area contributed by atoms with Crippen molar-refractivity contribution in [3.63, 3.8) is 0 Å². The number of likely N-dealkylation sites (tertiary alicyclic amines) is 1. The molecule has 9 heteroatoms. The highest BCUT2D eigenvalue weighted by molar-refractivity contribution is 5.97. The fraction of sp³-hybridized carbons (Fsp3) is 0.455. The Morgan fingerprint density at radius 3 is 2.65 bits per heavy atom. The van der Waals surface area contributed by atoms with E-state index in [-0.39, 0.29) is 17.5 Å². The fourth-order valence-electron chi connectivity index (χ4n) is 4.71. The Hall–Kier alpha value is -3.10. The van der Waals surface area contributed by atoms with E-state index < -0.39 is 17.7 Å². The average Bonchev–Trinajstić information content (AvgIpc) is 3.26. The maximum Gasteiger partial charge on any atom is 0.254 e. The minimum atomic E-state index is -0.585. The Labute approximate surface area is 178 Å². The van der Waals surface area contributed by atoms with E-state index in [4.69, 9.17) is 4.84 Å². The standard InChI is InChI=1S/C22H23F2N5O2/c1-12-20(24)13(2)27-22(26-12)28-9-7-14-10-29(17(14)11-28)21(30)15-4-3-5-16(23)19(15)18-6-8-25-31-18/h3-5,8,14,17-18H,6-7,9-11H2,1-2H3/t14-,17-,18?/m1/s1. The summed E-state index contributed by atoms with van der Waals surface area (Å²) in [6.07, 6.45) is 2.32. The number of oxime groups is 1. The molecule has 7 nitrogen and oxygen atoms in total. The van der Waals surface area contributed by atoms with Crippen molar-refractivity contribution in [3.05, 3.63) is 52.3 Å². The quantitative estimate of drug-likeness (QED) is 0.753. The van der Waals surface area contributed by atoms with E-state index in [0.29, 0.717) is 48.3 Å². The van der Waals surface area contributed by atoms with E-state index in [0.717, 1.165) is 13.0 Å². The first-order valence-corrected chi connectivity index (χ1v) is 10.5. The Balaban J connectivity index is 1.38. The van der Waals surface area contributed by atoms with Crippen molar-refractivity contribution in [2.24, 2.45) is 11.1 Å². The Bertz CT molecular complexity index is 1040. The number of nitrogens with zero attached hydrogens (tertiary/aromatic N) is 5. The number of amides is 1. The van der Waals surface area contributed by atoms with Crippen LogP contribution in [0.15, 0.2) is 23.4 Å². The minimum Gasteiger partial charge on any atom is -0.387 e. The van der Waals surface area contributed by atoms with Crippen LogP contribution in [0.4, 0.5) is 14.7 Å². The lowest BCUT2D eigenvalue weighted by molar-refractivity contribution is 0.00691. The summed E-state index contributed by atoms with van der Waals surface area (Å²) in [5, 5.41) is 3.73. The number of piperidine rings is 1. The van der Waals surface area contributed by atoms with Crippen LogP contribution in [0, 0.1) is 31.4 Å². The molecule has 4 heterocycles. The molecule has 2 saturated heterocycles. The fourth-order valence-corrected chi connectivity index (χ4v) is 4.71. The molecular weight excluding hydrogens is 404 g/mol. The van der Waals surface area contributed by atoms with Gasteiger partial charge in [-0.3, -0.25) is 4.79 Å². The van der Waals surface area contributed by atoms with Crippen LogP contribution in [0.25, 0.3) is 0 Å². The van der Waals surface area contributed by atoms with Crippen molar-refractivity contribution in [3.8, 4) is 0 Å². The summed E-state index contributed by atoms with van der Waals surface area (Å²) < 4.78 is 28.5. The topological polar surface area (TPSA) is 70.9 Å². The van der Waals surface area contributed by atoms with Gasteiger partial charge in [-0.2, -0.15) is 0 Å². The molecule has 0 N–H and O–H groups in total. The second-order valence-electron chi connectivity index (χ2n) is 8.35. The first-order valence-electron chi connectivity index (χ1n) is 10.5. The van der Waals surface area contributed by atoms with Crippen LogP contribution >= 0.6 is 0 Å². The summed E-state index contributed by atoms with van der Waals surface area (Å²) >= 11 is 0. The van der Waals surface area contributed by atoms with Gasteiger partial charge in [-0.05, 0) is 32.4 Å². The van der Waals surface area contributed by atoms with E-state index in [1.54, 1.807) is 37.1 Å². The molecule has 162 valence electrons. The first kappa shape index (κ1) is 19.8. The molecule has 31 heavy (non-hydrogen) atoms. The molecular formula is C22H23F2N5O2. The predicted molar refractivity (Wildman–Crippen MR) is 110 cm³/mol. The third-order valence-electron chi connectivity index (χ3n) is 6.45. The number of benzene rings is 1. The van der Waals surface area contributed by atoms with Crippen molar-refractivity contribution in [1.29, 1.82) is 0 Å². The molecule has 0 radical (unpaired) electrons. The molecule has 1 aromatic heterocycles. The van der Waals surface area contributed by atoms with Crippen molar-refractivity contribution in [2.45, 2.75) is 38.8 Å². The largest absolute Gasteiger partial charge is 0.387 e. The van der Waals surface area contributed by atoms with Gasteiger partial charge in [0, 0.05) is 49.3 Å². The molecule has 3 aliphatic rings. The smallest absolute Gasteiger partial charge is 0.254 e. The Morgan fingerprint density at radius 2 is 1.94 bits per heavy atom. The molecule has 0 aliphatic carbocycles. The van der Waals surface area contributed by atoms with E-state index >= 15 is 0 Å². The maximum absolute atomic E-state index is 14.6. The predicted octanol–water partition coefficient (Wildman–Crippen LogP) is 3.17. The van der Waals surface area contributed by atoms with Crippen LogP contribution in [-0.4, -0.2) is 52.7 Å². The van der Waals surface area contributed by atoms with E-state index in [2.05, 4.69) is 15.1 Å². The molecule has 1 unspecified atom stereocenters. The number of carbonyl (C=O) groups is 1. The second kappa shape index (κ2) is 7.55.